The normalized spacial score (nSPS) is 14.6. The van der Waals surface area contributed by atoms with Crippen LogP contribution in [0.15, 0.2) is 28.0 Å². The van der Waals surface area contributed by atoms with Gasteiger partial charge in [0.15, 0.2) is 0 Å². The second kappa shape index (κ2) is 4.85. The number of likely N-dealkylation sites (tertiary alicyclic amines) is 1. The van der Waals surface area contributed by atoms with E-state index < -0.39 is 0 Å². The highest BCUT2D eigenvalue weighted by molar-refractivity contribution is 7.99. The number of carbonyl (C=O) groups is 1. The number of aromatic amines is 1. The molecule has 1 fully saturated rings. The van der Waals surface area contributed by atoms with Gasteiger partial charge in [-0.15, -0.1) is 10.2 Å². The summed E-state index contributed by atoms with van der Waals surface area (Å²) in [6, 6.07) is 3.72. The van der Waals surface area contributed by atoms with Crippen molar-refractivity contribution >= 4 is 17.7 Å². The number of amides is 1. The van der Waals surface area contributed by atoms with Gasteiger partial charge in [0.25, 0.3) is 11.1 Å². The van der Waals surface area contributed by atoms with Crippen LogP contribution in [0.3, 0.4) is 0 Å². The van der Waals surface area contributed by atoms with Gasteiger partial charge in [0.2, 0.25) is 5.91 Å². The van der Waals surface area contributed by atoms with Gasteiger partial charge in [-0.05, 0) is 18.6 Å². The lowest BCUT2D eigenvalue weighted by atomic mass is 10.2. The molecular weight excluding hydrogens is 252 g/mol. The number of aromatic nitrogens is 3. The molecule has 1 aliphatic heterocycles. The number of carbonyl (C=O) groups excluding carboxylic acids is 1. The third kappa shape index (κ3) is 2.26. The molecule has 1 aliphatic rings. The van der Waals surface area contributed by atoms with E-state index in [4.69, 9.17) is 4.42 Å². The van der Waals surface area contributed by atoms with Crippen molar-refractivity contribution in [1.29, 1.82) is 0 Å². The monoisotopic (exact) mass is 264 g/mol. The Labute approximate surface area is 108 Å². The van der Waals surface area contributed by atoms with Crippen LogP contribution in [0.1, 0.15) is 6.42 Å². The molecule has 0 aromatic carbocycles. The summed E-state index contributed by atoms with van der Waals surface area (Å²) in [6.07, 6.45) is 2.90. The quantitative estimate of drug-likeness (QED) is 0.845. The Morgan fingerprint density at radius 1 is 1.50 bits per heavy atom. The molecule has 0 spiro atoms. The number of thioether (sulfide) groups is 1. The molecule has 7 heteroatoms. The van der Waals surface area contributed by atoms with E-state index in [0.29, 0.717) is 16.9 Å². The largest absolute Gasteiger partial charge is 0.410 e. The van der Waals surface area contributed by atoms with Crippen LogP contribution >= 0.6 is 11.8 Å². The van der Waals surface area contributed by atoms with Crippen LogP contribution in [0.2, 0.25) is 0 Å². The van der Waals surface area contributed by atoms with Crippen molar-refractivity contribution < 1.29 is 9.21 Å². The molecule has 3 rings (SSSR count). The lowest BCUT2D eigenvalue weighted by Crippen LogP contribution is -2.43. The van der Waals surface area contributed by atoms with Gasteiger partial charge in [0.05, 0.1) is 5.75 Å². The zero-order chi connectivity index (χ0) is 12.4. The lowest BCUT2D eigenvalue weighted by Gasteiger charge is -2.30. The standard InChI is InChI=1S/C11H12N4O2S/c16-9(15-5-2-6-15)7-18-11-14-13-10(17-11)8-3-1-4-12-8/h1,3-4,12H,2,5-7H2. The maximum atomic E-state index is 11.6. The highest BCUT2D eigenvalue weighted by Gasteiger charge is 2.21. The van der Waals surface area contributed by atoms with Crippen LogP contribution < -0.4 is 0 Å². The van der Waals surface area contributed by atoms with Gasteiger partial charge in [-0.25, -0.2) is 0 Å². The molecule has 1 saturated heterocycles. The van der Waals surface area contributed by atoms with Crippen molar-refractivity contribution in [2.24, 2.45) is 0 Å². The first-order valence-corrected chi connectivity index (χ1v) is 6.69. The molecule has 2 aromatic heterocycles. The second-order valence-electron chi connectivity index (χ2n) is 3.98. The van der Waals surface area contributed by atoms with Crippen molar-refractivity contribution in [2.45, 2.75) is 11.6 Å². The molecule has 0 unspecified atom stereocenters. The van der Waals surface area contributed by atoms with Crippen molar-refractivity contribution in [3.05, 3.63) is 18.3 Å². The fourth-order valence-corrected chi connectivity index (χ4v) is 2.29. The minimum Gasteiger partial charge on any atom is -0.410 e. The first kappa shape index (κ1) is 11.3. The average Bonchev–Trinajstić information content (AvgIpc) is 2.94. The molecule has 1 N–H and O–H groups in total. The lowest BCUT2D eigenvalue weighted by molar-refractivity contribution is -0.131. The summed E-state index contributed by atoms with van der Waals surface area (Å²) in [5, 5.41) is 8.25. The number of nitrogens with one attached hydrogen (secondary N) is 1. The van der Waals surface area contributed by atoms with E-state index in [-0.39, 0.29) is 5.91 Å². The molecule has 6 nitrogen and oxygen atoms in total. The van der Waals surface area contributed by atoms with Gasteiger partial charge in [0, 0.05) is 19.3 Å². The van der Waals surface area contributed by atoms with Gasteiger partial charge >= 0.3 is 0 Å². The SMILES string of the molecule is O=C(CSc1nnc(-c2ccc[nH]2)o1)N1CCC1. The Bertz CT molecular complexity index is 533. The zero-order valence-corrected chi connectivity index (χ0v) is 10.4. The molecule has 1 amide bonds. The first-order valence-electron chi connectivity index (χ1n) is 5.71. The minimum absolute atomic E-state index is 0.130. The van der Waals surface area contributed by atoms with E-state index in [1.165, 1.54) is 11.8 Å². The van der Waals surface area contributed by atoms with Gasteiger partial charge in [0.1, 0.15) is 5.69 Å². The Morgan fingerprint density at radius 3 is 3.06 bits per heavy atom. The summed E-state index contributed by atoms with van der Waals surface area (Å²) < 4.78 is 5.45. The van der Waals surface area contributed by atoms with Crippen molar-refractivity contribution in [3.63, 3.8) is 0 Å². The number of rotatable bonds is 4. The predicted octanol–water partition coefficient (Wildman–Crippen LogP) is 1.39. The Kier molecular flexibility index (Phi) is 3.06. The Hall–Kier alpha value is -1.76. The summed E-state index contributed by atoms with van der Waals surface area (Å²) >= 11 is 1.28. The highest BCUT2D eigenvalue weighted by atomic mass is 32.2. The van der Waals surface area contributed by atoms with Gasteiger partial charge in [-0.2, -0.15) is 0 Å². The smallest absolute Gasteiger partial charge is 0.277 e. The van der Waals surface area contributed by atoms with Crippen molar-refractivity contribution in [3.8, 4) is 11.6 Å². The van der Waals surface area contributed by atoms with E-state index in [0.717, 1.165) is 25.2 Å². The fraction of sp³-hybridized carbons (Fsp3) is 0.364. The van der Waals surface area contributed by atoms with Crippen LogP contribution in [0.4, 0.5) is 0 Å². The predicted molar refractivity (Wildman–Crippen MR) is 66.0 cm³/mol. The van der Waals surface area contributed by atoms with Crippen LogP contribution in [-0.4, -0.2) is 44.8 Å². The summed E-state index contributed by atoms with van der Waals surface area (Å²) in [6.45, 7) is 1.74. The molecule has 0 aliphatic carbocycles. The molecule has 0 atom stereocenters. The number of hydrogen-bond acceptors (Lipinski definition) is 5. The Morgan fingerprint density at radius 2 is 2.39 bits per heavy atom. The summed E-state index contributed by atoms with van der Waals surface area (Å²) in [5.41, 5.74) is 0.781. The van der Waals surface area contributed by atoms with E-state index in [1.54, 1.807) is 6.20 Å². The van der Waals surface area contributed by atoms with Crippen LogP contribution in [-0.2, 0) is 4.79 Å². The fourth-order valence-electron chi connectivity index (χ4n) is 1.62. The molecule has 18 heavy (non-hydrogen) atoms. The molecule has 0 radical (unpaired) electrons. The summed E-state index contributed by atoms with van der Waals surface area (Å²) in [7, 11) is 0. The second-order valence-corrected chi connectivity index (χ2v) is 4.91. The third-order valence-electron chi connectivity index (χ3n) is 2.76. The molecule has 94 valence electrons. The molecule has 2 aromatic rings. The van der Waals surface area contributed by atoms with E-state index in [9.17, 15) is 4.79 Å². The number of H-pyrrole nitrogens is 1. The Balaban J connectivity index is 1.58. The average molecular weight is 264 g/mol. The van der Waals surface area contributed by atoms with Gasteiger partial charge in [-0.3, -0.25) is 4.79 Å². The zero-order valence-electron chi connectivity index (χ0n) is 9.63. The highest BCUT2D eigenvalue weighted by Crippen LogP contribution is 2.22. The third-order valence-corrected chi connectivity index (χ3v) is 3.57. The van der Waals surface area contributed by atoms with Gasteiger partial charge < -0.3 is 14.3 Å². The first-order chi connectivity index (χ1) is 8.83. The van der Waals surface area contributed by atoms with Crippen LogP contribution in [0.5, 0.6) is 0 Å². The van der Waals surface area contributed by atoms with Gasteiger partial charge in [-0.1, -0.05) is 11.8 Å². The topological polar surface area (TPSA) is 75.0 Å². The molecule has 3 heterocycles. The maximum Gasteiger partial charge on any atom is 0.277 e. The molecular formula is C11H12N4O2S. The molecule has 0 bridgehead atoms. The van der Waals surface area contributed by atoms with E-state index in [1.807, 2.05) is 17.0 Å². The molecule has 0 saturated carbocycles. The van der Waals surface area contributed by atoms with E-state index >= 15 is 0 Å². The van der Waals surface area contributed by atoms with Crippen LogP contribution in [0, 0.1) is 0 Å². The van der Waals surface area contributed by atoms with Crippen LogP contribution in [0.25, 0.3) is 11.6 Å². The maximum absolute atomic E-state index is 11.6. The summed E-state index contributed by atoms with van der Waals surface area (Å²) in [4.78, 5) is 16.5. The summed E-state index contributed by atoms with van der Waals surface area (Å²) in [5.74, 6) is 0.927. The number of nitrogens with zero attached hydrogens (tertiary/aromatic N) is 3. The van der Waals surface area contributed by atoms with Crippen molar-refractivity contribution in [2.75, 3.05) is 18.8 Å². The minimum atomic E-state index is 0.130. The number of hydrogen-bond donors (Lipinski definition) is 1. The van der Waals surface area contributed by atoms with E-state index in [2.05, 4.69) is 15.2 Å². The van der Waals surface area contributed by atoms with Crippen molar-refractivity contribution in [1.82, 2.24) is 20.1 Å².